The lowest BCUT2D eigenvalue weighted by Crippen LogP contribution is -2.47. The molecule has 3 aromatic rings. The van der Waals surface area contributed by atoms with E-state index in [4.69, 9.17) is 4.74 Å². The molecule has 0 saturated carbocycles. The van der Waals surface area contributed by atoms with E-state index in [9.17, 15) is 14.4 Å². The van der Waals surface area contributed by atoms with Crippen LogP contribution in [0.4, 0.5) is 11.4 Å². The van der Waals surface area contributed by atoms with Crippen molar-refractivity contribution >= 4 is 29.1 Å². The van der Waals surface area contributed by atoms with Crippen LogP contribution in [0.3, 0.4) is 0 Å². The fourth-order valence-electron chi connectivity index (χ4n) is 3.22. The number of anilines is 2. The van der Waals surface area contributed by atoms with Gasteiger partial charge < -0.3 is 20.7 Å². The molecule has 0 radical (unpaired) electrons. The minimum atomic E-state index is -0.780. The van der Waals surface area contributed by atoms with Gasteiger partial charge in [0, 0.05) is 11.3 Å². The van der Waals surface area contributed by atoms with E-state index >= 15 is 0 Å². The third-order valence-corrected chi connectivity index (χ3v) is 5.05. The molecule has 170 valence electrons. The molecule has 3 N–H and O–H groups in total. The molecule has 0 aliphatic carbocycles. The second-order valence-corrected chi connectivity index (χ2v) is 7.78. The van der Waals surface area contributed by atoms with Gasteiger partial charge >= 0.3 is 0 Å². The van der Waals surface area contributed by atoms with Gasteiger partial charge in [-0.05, 0) is 54.4 Å². The van der Waals surface area contributed by atoms with Crippen LogP contribution in [0.2, 0.25) is 0 Å². The summed E-state index contributed by atoms with van der Waals surface area (Å²) in [5.41, 5.74) is 1.70. The summed E-state index contributed by atoms with van der Waals surface area (Å²) in [6, 6.07) is 21.6. The molecular formula is C26H27N3O4. The molecule has 0 heterocycles. The number of methoxy groups -OCH3 is 1. The SMILES string of the molecule is COc1ccc(NC(=O)[C@@H](NC(=O)c2ccccc2NC(=O)c2ccccc2)C(C)C)cc1. The summed E-state index contributed by atoms with van der Waals surface area (Å²) < 4.78 is 5.13. The zero-order chi connectivity index (χ0) is 23.8. The number of nitrogens with one attached hydrogen (secondary N) is 3. The highest BCUT2D eigenvalue weighted by Gasteiger charge is 2.26. The zero-order valence-corrected chi connectivity index (χ0v) is 18.8. The first-order valence-corrected chi connectivity index (χ1v) is 10.6. The van der Waals surface area contributed by atoms with E-state index in [1.54, 1.807) is 79.9 Å². The van der Waals surface area contributed by atoms with Crippen LogP contribution in [0.25, 0.3) is 0 Å². The molecule has 0 spiro atoms. The predicted octanol–water partition coefficient (Wildman–Crippen LogP) is 4.34. The van der Waals surface area contributed by atoms with Gasteiger partial charge in [-0.2, -0.15) is 0 Å². The summed E-state index contributed by atoms with van der Waals surface area (Å²) in [4.78, 5) is 38.5. The number of carbonyl (C=O) groups excluding carboxylic acids is 3. The fraction of sp³-hybridized carbons (Fsp3) is 0.192. The van der Waals surface area contributed by atoms with E-state index in [0.717, 1.165) is 0 Å². The smallest absolute Gasteiger partial charge is 0.255 e. The molecule has 0 fully saturated rings. The monoisotopic (exact) mass is 445 g/mol. The average Bonchev–Trinajstić information content (AvgIpc) is 2.83. The summed E-state index contributed by atoms with van der Waals surface area (Å²) in [6.07, 6.45) is 0. The summed E-state index contributed by atoms with van der Waals surface area (Å²) in [6.45, 7) is 3.70. The van der Waals surface area contributed by atoms with Crippen molar-refractivity contribution in [1.29, 1.82) is 0 Å². The van der Waals surface area contributed by atoms with Crippen LogP contribution < -0.4 is 20.7 Å². The van der Waals surface area contributed by atoms with Crippen molar-refractivity contribution in [1.82, 2.24) is 5.32 Å². The Morgan fingerprint density at radius 1 is 0.758 bits per heavy atom. The highest BCUT2D eigenvalue weighted by Crippen LogP contribution is 2.19. The molecule has 0 saturated heterocycles. The summed E-state index contributed by atoms with van der Waals surface area (Å²) >= 11 is 0. The Labute approximate surface area is 193 Å². The second-order valence-electron chi connectivity index (χ2n) is 7.78. The highest BCUT2D eigenvalue weighted by molar-refractivity contribution is 6.10. The van der Waals surface area contributed by atoms with E-state index in [-0.39, 0.29) is 23.3 Å². The number of carbonyl (C=O) groups is 3. The molecule has 0 bridgehead atoms. The molecule has 7 nitrogen and oxygen atoms in total. The Morgan fingerprint density at radius 3 is 2.03 bits per heavy atom. The first-order chi connectivity index (χ1) is 15.9. The first-order valence-electron chi connectivity index (χ1n) is 10.6. The second kappa shape index (κ2) is 10.9. The molecule has 1 atom stereocenters. The standard InChI is InChI=1S/C26H27N3O4/c1-17(2)23(26(32)27-19-13-15-20(33-3)16-14-19)29-25(31)21-11-7-8-12-22(21)28-24(30)18-9-5-4-6-10-18/h4-17,23H,1-3H3,(H,27,32)(H,28,30)(H,29,31)/t23-/m0/s1. The molecular weight excluding hydrogens is 418 g/mol. The normalized spacial score (nSPS) is 11.4. The summed E-state index contributed by atoms with van der Waals surface area (Å²) in [7, 11) is 1.57. The molecule has 0 unspecified atom stereocenters. The highest BCUT2D eigenvalue weighted by atomic mass is 16.5. The molecule has 0 aromatic heterocycles. The Bertz CT molecular complexity index is 1110. The van der Waals surface area contributed by atoms with Crippen molar-refractivity contribution in [3.8, 4) is 5.75 Å². The zero-order valence-electron chi connectivity index (χ0n) is 18.8. The van der Waals surface area contributed by atoms with Crippen LogP contribution in [0, 0.1) is 5.92 Å². The van der Waals surface area contributed by atoms with Crippen molar-refractivity contribution in [2.75, 3.05) is 17.7 Å². The number of hydrogen-bond acceptors (Lipinski definition) is 4. The Kier molecular flexibility index (Phi) is 7.81. The summed E-state index contributed by atoms with van der Waals surface area (Å²) in [5, 5.41) is 8.40. The van der Waals surface area contributed by atoms with Gasteiger partial charge in [0.15, 0.2) is 0 Å². The molecule has 7 heteroatoms. The van der Waals surface area contributed by atoms with E-state index < -0.39 is 11.9 Å². The Balaban J connectivity index is 1.73. The number of hydrogen-bond donors (Lipinski definition) is 3. The number of benzene rings is 3. The lowest BCUT2D eigenvalue weighted by Gasteiger charge is -2.22. The van der Waals surface area contributed by atoms with Crippen molar-refractivity contribution in [3.63, 3.8) is 0 Å². The van der Waals surface area contributed by atoms with Crippen LogP contribution in [0.5, 0.6) is 5.75 Å². The van der Waals surface area contributed by atoms with Crippen LogP contribution >= 0.6 is 0 Å². The topological polar surface area (TPSA) is 96.5 Å². The van der Waals surface area contributed by atoms with Gasteiger partial charge in [-0.3, -0.25) is 14.4 Å². The Morgan fingerprint density at radius 2 is 1.39 bits per heavy atom. The van der Waals surface area contributed by atoms with Gasteiger partial charge in [0.1, 0.15) is 11.8 Å². The third kappa shape index (κ3) is 6.20. The maximum atomic E-state index is 13.1. The third-order valence-electron chi connectivity index (χ3n) is 5.05. The van der Waals surface area contributed by atoms with Crippen LogP contribution in [-0.2, 0) is 4.79 Å². The fourth-order valence-corrected chi connectivity index (χ4v) is 3.22. The summed E-state index contributed by atoms with van der Waals surface area (Å²) in [5.74, 6) is -0.612. The van der Waals surface area contributed by atoms with Gasteiger partial charge in [-0.15, -0.1) is 0 Å². The lowest BCUT2D eigenvalue weighted by molar-refractivity contribution is -0.118. The van der Waals surface area contributed by atoms with Gasteiger partial charge in [0.05, 0.1) is 18.4 Å². The van der Waals surface area contributed by atoms with E-state index in [0.29, 0.717) is 22.7 Å². The molecule has 3 amide bonds. The van der Waals surface area contributed by atoms with Crippen molar-refractivity contribution in [3.05, 3.63) is 90.0 Å². The lowest BCUT2D eigenvalue weighted by atomic mass is 10.0. The van der Waals surface area contributed by atoms with Crippen LogP contribution in [0.15, 0.2) is 78.9 Å². The predicted molar refractivity (Wildman–Crippen MR) is 129 cm³/mol. The molecule has 3 aromatic carbocycles. The van der Waals surface area contributed by atoms with Gasteiger partial charge in [0.2, 0.25) is 5.91 Å². The van der Waals surface area contributed by atoms with Crippen molar-refractivity contribution in [2.45, 2.75) is 19.9 Å². The van der Waals surface area contributed by atoms with E-state index in [1.165, 1.54) is 0 Å². The molecule has 0 aliphatic rings. The average molecular weight is 446 g/mol. The first kappa shape index (κ1) is 23.5. The van der Waals surface area contributed by atoms with Gasteiger partial charge in [0.25, 0.3) is 11.8 Å². The minimum absolute atomic E-state index is 0.168. The molecule has 33 heavy (non-hydrogen) atoms. The Hall–Kier alpha value is -4.13. The van der Waals surface area contributed by atoms with Gasteiger partial charge in [-0.25, -0.2) is 0 Å². The van der Waals surface area contributed by atoms with E-state index in [1.807, 2.05) is 19.9 Å². The number of amides is 3. The minimum Gasteiger partial charge on any atom is -0.497 e. The largest absolute Gasteiger partial charge is 0.497 e. The maximum Gasteiger partial charge on any atom is 0.255 e. The van der Waals surface area contributed by atoms with Crippen LogP contribution in [0.1, 0.15) is 34.6 Å². The van der Waals surface area contributed by atoms with Gasteiger partial charge in [-0.1, -0.05) is 44.2 Å². The molecule has 0 aliphatic heterocycles. The quantitative estimate of drug-likeness (QED) is 0.481. The number of rotatable bonds is 8. The van der Waals surface area contributed by atoms with Crippen molar-refractivity contribution in [2.24, 2.45) is 5.92 Å². The van der Waals surface area contributed by atoms with Crippen LogP contribution in [-0.4, -0.2) is 30.9 Å². The number of para-hydroxylation sites is 1. The van der Waals surface area contributed by atoms with Crippen molar-refractivity contribution < 1.29 is 19.1 Å². The number of ether oxygens (including phenoxy) is 1. The molecule has 3 rings (SSSR count). The van der Waals surface area contributed by atoms with E-state index in [2.05, 4.69) is 16.0 Å². The maximum absolute atomic E-state index is 13.1.